The van der Waals surface area contributed by atoms with Crippen molar-refractivity contribution in [1.82, 2.24) is 15.1 Å². The number of hydrogen-bond donors (Lipinski definition) is 1. The molecule has 0 radical (unpaired) electrons. The van der Waals surface area contributed by atoms with Gasteiger partial charge in [0.2, 0.25) is 11.8 Å². The van der Waals surface area contributed by atoms with Gasteiger partial charge in [0, 0.05) is 33.1 Å². The summed E-state index contributed by atoms with van der Waals surface area (Å²) < 4.78 is 40.1. The second-order valence-corrected chi connectivity index (χ2v) is 8.18. The summed E-state index contributed by atoms with van der Waals surface area (Å²) in [5.74, 6) is -4.05. The van der Waals surface area contributed by atoms with Gasteiger partial charge in [-0.1, -0.05) is 0 Å². The van der Waals surface area contributed by atoms with E-state index in [-0.39, 0.29) is 18.4 Å². The van der Waals surface area contributed by atoms with Crippen LogP contribution in [0.1, 0.15) is 44.9 Å². The topological polar surface area (TPSA) is 96.0 Å². The molecular formula is C20H30F3N3O5. The van der Waals surface area contributed by atoms with Crippen LogP contribution in [0.5, 0.6) is 0 Å². The molecule has 0 unspecified atom stereocenters. The van der Waals surface area contributed by atoms with Gasteiger partial charge < -0.3 is 19.9 Å². The lowest BCUT2D eigenvalue weighted by Crippen LogP contribution is -2.46. The molecule has 1 atom stereocenters. The van der Waals surface area contributed by atoms with E-state index in [0.717, 1.165) is 32.4 Å². The third kappa shape index (κ3) is 8.12. The smallest absolute Gasteiger partial charge is 0.386 e. The summed E-state index contributed by atoms with van der Waals surface area (Å²) in [6.45, 7) is 2.67. The third-order valence-electron chi connectivity index (χ3n) is 5.81. The molecule has 0 spiro atoms. The number of alkyl halides is 3. The molecule has 0 saturated carbocycles. The van der Waals surface area contributed by atoms with E-state index in [1.165, 1.54) is 11.9 Å². The highest BCUT2D eigenvalue weighted by Gasteiger charge is 2.42. The highest BCUT2D eigenvalue weighted by atomic mass is 19.4. The van der Waals surface area contributed by atoms with Gasteiger partial charge in [-0.05, 0) is 51.1 Å². The lowest BCUT2D eigenvalue weighted by atomic mass is 9.92. The van der Waals surface area contributed by atoms with Gasteiger partial charge in [0.25, 0.3) is 0 Å². The number of likely N-dealkylation sites (tertiary alicyclic amines) is 1. The summed E-state index contributed by atoms with van der Waals surface area (Å²) in [6, 6.07) is 0. The van der Waals surface area contributed by atoms with Crippen LogP contribution >= 0.6 is 0 Å². The first-order valence-corrected chi connectivity index (χ1v) is 10.6. The number of hydrogen-bond acceptors (Lipinski definition) is 6. The number of amides is 2. The average molecular weight is 449 g/mol. The minimum Gasteiger partial charge on any atom is -0.386 e. The van der Waals surface area contributed by atoms with E-state index in [1.807, 2.05) is 0 Å². The van der Waals surface area contributed by atoms with E-state index in [4.69, 9.17) is 0 Å². The zero-order chi connectivity index (χ0) is 23.0. The molecule has 0 aromatic carbocycles. The van der Waals surface area contributed by atoms with Gasteiger partial charge in [-0.3, -0.25) is 14.4 Å². The molecule has 2 aliphatic rings. The minimum absolute atomic E-state index is 0.0351. The second kappa shape index (κ2) is 11.4. The maximum Gasteiger partial charge on any atom is 0.491 e. The van der Waals surface area contributed by atoms with Crippen LogP contribution in [0.25, 0.3) is 0 Å². The molecule has 11 heteroatoms. The summed E-state index contributed by atoms with van der Waals surface area (Å²) in [5.41, 5.74) is 0. The molecule has 1 N–H and O–H groups in total. The first-order valence-electron chi connectivity index (χ1n) is 10.6. The van der Waals surface area contributed by atoms with Gasteiger partial charge in [-0.25, -0.2) is 4.79 Å². The van der Waals surface area contributed by atoms with E-state index >= 15 is 0 Å². The van der Waals surface area contributed by atoms with E-state index < -0.39 is 30.5 Å². The number of carbonyl (C=O) groups excluding carboxylic acids is 4. The monoisotopic (exact) mass is 449 g/mol. The Labute approximate surface area is 179 Å². The van der Waals surface area contributed by atoms with Crippen molar-refractivity contribution in [2.45, 2.75) is 51.1 Å². The fourth-order valence-electron chi connectivity index (χ4n) is 3.95. The zero-order valence-electron chi connectivity index (χ0n) is 17.7. The molecule has 31 heavy (non-hydrogen) atoms. The number of esters is 2. The Morgan fingerprint density at radius 1 is 1.10 bits per heavy atom. The number of piperidine rings is 2. The molecule has 176 valence electrons. The Hall–Kier alpha value is -2.17. The summed E-state index contributed by atoms with van der Waals surface area (Å²) in [4.78, 5) is 50.2. The molecule has 2 rings (SSSR count). The van der Waals surface area contributed by atoms with Gasteiger partial charge in [-0.15, -0.1) is 0 Å². The van der Waals surface area contributed by atoms with Crippen LogP contribution in [-0.2, 0) is 23.9 Å². The van der Waals surface area contributed by atoms with E-state index in [2.05, 4.69) is 10.1 Å². The van der Waals surface area contributed by atoms with Crippen molar-refractivity contribution in [1.29, 1.82) is 0 Å². The van der Waals surface area contributed by atoms with Gasteiger partial charge in [0.05, 0.1) is 12.3 Å². The van der Waals surface area contributed by atoms with Crippen molar-refractivity contribution in [2.24, 2.45) is 11.8 Å². The number of carbonyl (C=O) groups is 4. The lowest BCUT2D eigenvalue weighted by Gasteiger charge is -2.34. The van der Waals surface area contributed by atoms with Gasteiger partial charge >= 0.3 is 18.1 Å². The molecule has 0 aromatic rings. The predicted molar refractivity (Wildman–Crippen MR) is 104 cm³/mol. The van der Waals surface area contributed by atoms with Crippen LogP contribution in [0.15, 0.2) is 0 Å². The van der Waals surface area contributed by atoms with Crippen molar-refractivity contribution in [3.05, 3.63) is 0 Å². The molecular weight excluding hydrogens is 419 g/mol. The van der Waals surface area contributed by atoms with Crippen LogP contribution in [-0.4, -0.2) is 79.5 Å². The Kier molecular flexibility index (Phi) is 9.27. The average Bonchev–Trinajstić information content (AvgIpc) is 2.75. The Bertz CT molecular complexity index is 665. The van der Waals surface area contributed by atoms with Crippen molar-refractivity contribution in [3.63, 3.8) is 0 Å². The number of ether oxygens (including phenoxy) is 1. The van der Waals surface area contributed by atoms with Crippen LogP contribution in [0, 0.1) is 11.8 Å². The minimum atomic E-state index is -5.25. The van der Waals surface area contributed by atoms with Gasteiger partial charge in [0.1, 0.15) is 0 Å². The predicted octanol–water partition coefficient (Wildman–Crippen LogP) is 1.49. The molecule has 2 heterocycles. The first kappa shape index (κ1) is 25.1. The second-order valence-electron chi connectivity index (χ2n) is 8.18. The number of nitrogens with one attached hydrogen (secondary N) is 1. The standard InChI is InChI=1S/C20H30F3N3O5/c1-25(12-8-17(28)31-19(30)20(21,22)23)18(29)15-3-2-11-26(13-15)16(27)5-4-14-6-9-24-10-7-14/h14-15,24H,2-13H2,1H3/t15-/m1/s1. The normalized spacial score (nSPS) is 20.3. The van der Waals surface area contributed by atoms with Crippen LogP contribution in [0.3, 0.4) is 0 Å². The first-order chi connectivity index (χ1) is 14.6. The third-order valence-corrected chi connectivity index (χ3v) is 5.81. The lowest BCUT2D eigenvalue weighted by molar-refractivity contribution is -0.201. The Morgan fingerprint density at radius 3 is 2.42 bits per heavy atom. The molecule has 2 aliphatic heterocycles. The van der Waals surface area contributed by atoms with E-state index in [0.29, 0.717) is 38.3 Å². The molecule has 0 aliphatic carbocycles. The van der Waals surface area contributed by atoms with Crippen molar-refractivity contribution in [3.8, 4) is 0 Å². The quantitative estimate of drug-likeness (QED) is 0.467. The molecule has 2 fully saturated rings. The fraction of sp³-hybridized carbons (Fsp3) is 0.800. The van der Waals surface area contributed by atoms with Gasteiger partial charge in [0.15, 0.2) is 0 Å². The number of halogens is 3. The molecule has 0 bridgehead atoms. The van der Waals surface area contributed by atoms with Crippen LogP contribution in [0.2, 0.25) is 0 Å². The van der Waals surface area contributed by atoms with Gasteiger partial charge in [-0.2, -0.15) is 13.2 Å². The van der Waals surface area contributed by atoms with Crippen molar-refractivity contribution < 1.29 is 37.1 Å². The number of nitrogens with zero attached hydrogens (tertiary/aromatic N) is 2. The Morgan fingerprint density at radius 2 is 1.77 bits per heavy atom. The summed E-state index contributed by atoms with van der Waals surface area (Å²) >= 11 is 0. The van der Waals surface area contributed by atoms with Crippen molar-refractivity contribution in [2.75, 3.05) is 39.8 Å². The zero-order valence-corrected chi connectivity index (χ0v) is 17.7. The maximum absolute atomic E-state index is 12.6. The van der Waals surface area contributed by atoms with Crippen LogP contribution in [0.4, 0.5) is 13.2 Å². The summed E-state index contributed by atoms with van der Waals surface area (Å²) in [7, 11) is 1.43. The number of rotatable bonds is 7. The van der Waals surface area contributed by atoms with Crippen molar-refractivity contribution >= 4 is 23.8 Å². The molecule has 8 nitrogen and oxygen atoms in total. The van der Waals surface area contributed by atoms with Crippen LogP contribution < -0.4 is 5.32 Å². The maximum atomic E-state index is 12.6. The summed E-state index contributed by atoms with van der Waals surface area (Å²) in [5, 5.41) is 3.29. The summed E-state index contributed by atoms with van der Waals surface area (Å²) in [6.07, 6.45) is -1.07. The largest absolute Gasteiger partial charge is 0.491 e. The molecule has 2 saturated heterocycles. The molecule has 0 aromatic heterocycles. The Balaban J connectivity index is 1.75. The fourth-order valence-corrected chi connectivity index (χ4v) is 3.95. The highest BCUT2D eigenvalue weighted by molar-refractivity contribution is 5.88. The van der Waals surface area contributed by atoms with E-state index in [1.54, 1.807) is 4.90 Å². The highest BCUT2D eigenvalue weighted by Crippen LogP contribution is 2.22. The molecule has 2 amide bonds. The van der Waals surface area contributed by atoms with E-state index in [9.17, 15) is 32.3 Å². The SMILES string of the molecule is CN(CCC(=O)OC(=O)C(F)(F)F)C(=O)[C@@H]1CCCN(C(=O)CCC2CCNCC2)C1.